The van der Waals surface area contributed by atoms with Crippen molar-refractivity contribution in [3.8, 4) is 0 Å². The average Bonchev–Trinajstić information content (AvgIpc) is 3.03. The largest absolute Gasteiger partial charge is 0.353 e. The van der Waals surface area contributed by atoms with Gasteiger partial charge in [0.15, 0.2) is 0 Å². The third kappa shape index (κ3) is 5.04. The number of rotatable bonds is 8. The maximum Gasteiger partial charge on any atom is 0.237 e. The van der Waals surface area contributed by atoms with E-state index in [0.717, 1.165) is 39.0 Å². The van der Waals surface area contributed by atoms with E-state index < -0.39 is 0 Å². The molecule has 2 heterocycles. The molecule has 1 aliphatic heterocycles. The van der Waals surface area contributed by atoms with Crippen molar-refractivity contribution in [2.24, 2.45) is 0 Å². The average molecular weight is 337 g/mol. The molecule has 1 fully saturated rings. The Hall–Kier alpha value is -1.40. The van der Waals surface area contributed by atoms with Gasteiger partial charge >= 0.3 is 0 Å². The molecule has 0 spiro atoms. The summed E-state index contributed by atoms with van der Waals surface area (Å²) in [5.41, 5.74) is 0. The van der Waals surface area contributed by atoms with Gasteiger partial charge in [0.1, 0.15) is 0 Å². The van der Waals surface area contributed by atoms with Crippen LogP contribution in [0.3, 0.4) is 0 Å². The number of thiophene rings is 1. The van der Waals surface area contributed by atoms with Crippen molar-refractivity contribution >= 4 is 23.2 Å². The van der Waals surface area contributed by atoms with Crippen LogP contribution in [-0.4, -0.2) is 53.8 Å². The van der Waals surface area contributed by atoms with Gasteiger partial charge < -0.3 is 10.2 Å². The van der Waals surface area contributed by atoms with E-state index >= 15 is 0 Å². The summed E-state index contributed by atoms with van der Waals surface area (Å²) >= 11 is 1.69. The summed E-state index contributed by atoms with van der Waals surface area (Å²) in [5, 5.41) is 4.95. The quantitative estimate of drug-likeness (QED) is 0.790. The van der Waals surface area contributed by atoms with Crippen molar-refractivity contribution in [2.75, 3.05) is 26.2 Å². The number of nitrogens with zero attached hydrogens (tertiary/aromatic N) is 2. The first kappa shape index (κ1) is 17.9. The highest BCUT2D eigenvalue weighted by Gasteiger charge is 2.32. The number of hydrogen-bond acceptors (Lipinski definition) is 4. The van der Waals surface area contributed by atoms with Crippen LogP contribution in [0.5, 0.6) is 0 Å². The van der Waals surface area contributed by atoms with E-state index in [4.69, 9.17) is 0 Å². The second-order valence-corrected chi connectivity index (χ2v) is 6.97. The molecule has 1 atom stereocenters. The Bertz CT molecular complexity index is 498. The number of carbonyl (C=O) groups is 2. The lowest BCUT2D eigenvalue weighted by Crippen LogP contribution is -2.56. The molecule has 5 nitrogen and oxygen atoms in total. The van der Waals surface area contributed by atoms with E-state index in [1.54, 1.807) is 11.3 Å². The Labute approximate surface area is 142 Å². The first-order valence-corrected chi connectivity index (χ1v) is 9.35. The van der Waals surface area contributed by atoms with Gasteiger partial charge in [0.25, 0.3) is 0 Å². The minimum atomic E-state index is -0.352. The normalized spacial score (nSPS) is 18.7. The highest BCUT2D eigenvalue weighted by Crippen LogP contribution is 2.18. The minimum absolute atomic E-state index is 0.0193. The van der Waals surface area contributed by atoms with Crippen LogP contribution in [-0.2, 0) is 16.1 Å². The number of amides is 2. The van der Waals surface area contributed by atoms with Gasteiger partial charge in [-0.3, -0.25) is 14.5 Å². The SMILES string of the molecule is CCCN(CCC)C(=O)C[C@H]1C(=O)NCCN1Cc1cccs1. The Morgan fingerprint density at radius 2 is 2.13 bits per heavy atom. The summed E-state index contributed by atoms with van der Waals surface area (Å²) in [6.07, 6.45) is 2.17. The molecule has 0 bridgehead atoms. The van der Waals surface area contributed by atoms with E-state index in [-0.39, 0.29) is 24.3 Å². The number of piperazine rings is 1. The molecular formula is C17H27N3O2S. The van der Waals surface area contributed by atoms with Crippen LogP contribution in [0.2, 0.25) is 0 Å². The first-order valence-electron chi connectivity index (χ1n) is 8.47. The number of nitrogens with one attached hydrogen (secondary N) is 1. The maximum absolute atomic E-state index is 12.6. The van der Waals surface area contributed by atoms with E-state index in [2.05, 4.69) is 30.1 Å². The van der Waals surface area contributed by atoms with Gasteiger partial charge in [-0.25, -0.2) is 0 Å². The van der Waals surface area contributed by atoms with E-state index in [1.807, 2.05) is 16.3 Å². The molecule has 1 aromatic rings. The predicted molar refractivity (Wildman–Crippen MR) is 93.3 cm³/mol. The summed E-state index contributed by atoms with van der Waals surface area (Å²) in [4.78, 5) is 30.2. The highest BCUT2D eigenvalue weighted by molar-refractivity contribution is 7.09. The van der Waals surface area contributed by atoms with Gasteiger partial charge in [0, 0.05) is 37.6 Å². The van der Waals surface area contributed by atoms with Gasteiger partial charge in [-0.15, -0.1) is 11.3 Å². The highest BCUT2D eigenvalue weighted by atomic mass is 32.1. The zero-order chi connectivity index (χ0) is 16.7. The number of hydrogen-bond donors (Lipinski definition) is 1. The maximum atomic E-state index is 12.6. The van der Waals surface area contributed by atoms with Gasteiger partial charge in [-0.2, -0.15) is 0 Å². The van der Waals surface area contributed by atoms with E-state index in [1.165, 1.54) is 4.88 Å². The minimum Gasteiger partial charge on any atom is -0.353 e. The van der Waals surface area contributed by atoms with Gasteiger partial charge in [0.05, 0.1) is 12.5 Å². The molecule has 2 rings (SSSR count). The van der Waals surface area contributed by atoms with Crippen molar-refractivity contribution in [1.82, 2.24) is 15.1 Å². The van der Waals surface area contributed by atoms with Crippen molar-refractivity contribution in [2.45, 2.75) is 45.7 Å². The van der Waals surface area contributed by atoms with E-state index in [0.29, 0.717) is 6.54 Å². The molecule has 6 heteroatoms. The van der Waals surface area contributed by atoms with Crippen LogP contribution in [0.25, 0.3) is 0 Å². The second-order valence-electron chi connectivity index (χ2n) is 5.94. The predicted octanol–water partition coefficient (Wildman–Crippen LogP) is 2.09. The molecule has 0 saturated carbocycles. The van der Waals surface area contributed by atoms with Crippen LogP contribution in [0.15, 0.2) is 17.5 Å². The van der Waals surface area contributed by atoms with Crippen LogP contribution < -0.4 is 5.32 Å². The fourth-order valence-electron chi connectivity index (χ4n) is 2.97. The van der Waals surface area contributed by atoms with E-state index in [9.17, 15) is 9.59 Å². The molecule has 1 N–H and O–H groups in total. The molecule has 0 aliphatic carbocycles. The van der Waals surface area contributed by atoms with Gasteiger partial charge in [-0.05, 0) is 24.3 Å². The second kappa shape index (κ2) is 9.03. The zero-order valence-corrected chi connectivity index (χ0v) is 14.9. The summed E-state index contributed by atoms with van der Waals surface area (Å²) < 4.78 is 0. The van der Waals surface area contributed by atoms with Crippen molar-refractivity contribution < 1.29 is 9.59 Å². The monoisotopic (exact) mass is 337 g/mol. The third-order valence-corrected chi connectivity index (χ3v) is 4.95. The summed E-state index contributed by atoms with van der Waals surface area (Å²) in [7, 11) is 0. The summed E-state index contributed by atoms with van der Waals surface area (Å²) in [6.45, 7) is 7.88. The Morgan fingerprint density at radius 1 is 1.39 bits per heavy atom. The lowest BCUT2D eigenvalue weighted by atomic mass is 10.1. The lowest BCUT2D eigenvalue weighted by Gasteiger charge is -2.35. The fourth-order valence-corrected chi connectivity index (χ4v) is 3.70. The fraction of sp³-hybridized carbons (Fsp3) is 0.647. The summed E-state index contributed by atoms with van der Waals surface area (Å²) in [5.74, 6) is 0.0704. The lowest BCUT2D eigenvalue weighted by molar-refractivity contribution is -0.139. The van der Waals surface area contributed by atoms with Crippen LogP contribution >= 0.6 is 11.3 Å². The van der Waals surface area contributed by atoms with Crippen LogP contribution in [0.1, 0.15) is 38.0 Å². The topological polar surface area (TPSA) is 52.7 Å². The van der Waals surface area contributed by atoms with Gasteiger partial charge in [0.2, 0.25) is 11.8 Å². The Morgan fingerprint density at radius 3 is 2.74 bits per heavy atom. The molecule has 0 unspecified atom stereocenters. The molecule has 0 radical (unpaired) electrons. The van der Waals surface area contributed by atoms with Crippen molar-refractivity contribution in [1.29, 1.82) is 0 Å². The van der Waals surface area contributed by atoms with Crippen molar-refractivity contribution in [3.63, 3.8) is 0 Å². The first-order chi connectivity index (χ1) is 11.2. The molecule has 1 saturated heterocycles. The third-order valence-electron chi connectivity index (χ3n) is 4.09. The summed E-state index contributed by atoms with van der Waals surface area (Å²) in [6, 6.07) is 3.75. The smallest absolute Gasteiger partial charge is 0.237 e. The van der Waals surface area contributed by atoms with Crippen molar-refractivity contribution in [3.05, 3.63) is 22.4 Å². The molecule has 23 heavy (non-hydrogen) atoms. The number of carbonyl (C=O) groups excluding carboxylic acids is 2. The standard InChI is InChI=1S/C17H27N3O2S/c1-3-8-19(9-4-2)16(21)12-15-17(22)18-7-10-20(15)13-14-6-5-11-23-14/h5-6,11,15H,3-4,7-10,12-13H2,1-2H3,(H,18,22)/t15-/m0/s1. The molecule has 0 aromatic carbocycles. The Balaban J connectivity index is 2.02. The molecular weight excluding hydrogens is 310 g/mol. The molecule has 2 amide bonds. The van der Waals surface area contributed by atoms with Crippen LogP contribution in [0.4, 0.5) is 0 Å². The Kier molecular flexibility index (Phi) is 7.05. The molecule has 128 valence electrons. The zero-order valence-electron chi connectivity index (χ0n) is 14.1. The molecule has 1 aliphatic rings. The van der Waals surface area contributed by atoms with Crippen LogP contribution in [0, 0.1) is 0 Å². The van der Waals surface area contributed by atoms with Gasteiger partial charge in [-0.1, -0.05) is 19.9 Å². The molecule has 1 aromatic heterocycles.